The zero-order valence-electron chi connectivity index (χ0n) is 18.0. The molecule has 4 aromatic rings. The van der Waals surface area contributed by atoms with Crippen LogP contribution in [0.25, 0.3) is 11.0 Å². The van der Waals surface area contributed by atoms with Gasteiger partial charge in [0.05, 0.1) is 0 Å². The standard InChI is InChI=1S/C26H20ClNO6/c27-19-7-4-8-20(14-19)32-16-24(29)33-21-10-9-18-13-22(26(31)34-23(18)15-21)25(30)28-12-11-17-5-2-1-3-6-17/h1-10,13-15H,11-12,16H2,(H,28,30). The Hall–Kier alpha value is -4.10. The Bertz CT molecular complexity index is 1380. The van der Waals surface area contributed by atoms with Gasteiger partial charge in [-0.05, 0) is 48.4 Å². The van der Waals surface area contributed by atoms with Crippen molar-refractivity contribution in [2.24, 2.45) is 0 Å². The summed E-state index contributed by atoms with van der Waals surface area (Å²) in [5.41, 5.74) is 0.387. The molecule has 0 saturated heterocycles. The molecule has 0 aliphatic rings. The normalized spacial score (nSPS) is 10.6. The number of hydrogen-bond acceptors (Lipinski definition) is 6. The van der Waals surface area contributed by atoms with E-state index in [-0.39, 0.29) is 23.5 Å². The maximum absolute atomic E-state index is 12.5. The first-order valence-electron chi connectivity index (χ1n) is 10.5. The summed E-state index contributed by atoms with van der Waals surface area (Å²) in [4.78, 5) is 36.9. The molecule has 0 saturated carbocycles. The monoisotopic (exact) mass is 477 g/mol. The highest BCUT2D eigenvalue weighted by Crippen LogP contribution is 2.21. The zero-order valence-corrected chi connectivity index (χ0v) is 18.7. The molecule has 1 heterocycles. The van der Waals surface area contributed by atoms with Gasteiger partial charge in [0.1, 0.15) is 22.6 Å². The van der Waals surface area contributed by atoms with Crippen LogP contribution in [0.2, 0.25) is 5.02 Å². The van der Waals surface area contributed by atoms with Crippen molar-refractivity contribution in [3.05, 3.63) is 105 Å². The number of fused-ring (bicyclic) bond motifs is 1. The van der Waals surface area contributed by atoms with Crippen LogP contribution in [0.15, 0.2) is 88.1 Å². The van der Waals surface area contributed by atoms with Crippen LogP contribution >= 0.6 is 11.6 Å². The lowest BCUT2D eigenvalue weighted by Crippen LogP contribution is -2.29. The van der Waals surface area contributed by atoms with Crippen LogP contribution in [-0.2, 0) is 11.2 Å². The molecule has 7 nitrogen and oxygen atoms in total. The molecule has 1 amide bonds. The van der Waals surface area contributed by atoms with Crippen LogP contribution in [-0.4, -0.2) is 25.0 Å². The van der Waals surface area contributed by atoms with E-state index < -0.39 is 17.5 Å². The summed E-state index contributed by atoms with van der Waals surface area (Å²) in [7, 11) is 0. The third kappa shape index (κ3) is 6.02. The molecule has 1 aromatic heterocycles. The molecule has 3 aromatic carbocycles. The Morgan fingerprint density at radius 3 is 2.53 bits per heavy atom. The van der Waals surface area contributed by atoms with Gasteiger partial charge in [0.15, 0.2) is 6.61 Å². The number of benzene rings is 3. The van der Waals surface area contributed by atoms with Crippen LogP contribution in [0.4, 0.5) is 0 Å². The van der Waals surface area contributed by atoms with Crippen molar-refractivity contribution < 1.29 is 23.5 Å². The summed E-state index contributed by atoms with van der Waals surface area (Å²) >= 11 is 5.88. The number of ether oxygens (including phenoxy) is 2. The Labute approximate surface area is 199 Å². The number of carbonyl (C=O) groups is 2. The number of rotatable bonds is 8. The largest absolute Gasteiger partial charge is 0.482 e. The minimum absolute atomic E-state index is 0.0970. The average molecular weight is 478 g/mol. The SMILES string of the molecule is O=C(COc1cccc(Cl)c1)Oc1ccc2cc(C(=O)NCCc3ccccc3)c(=O)oc2c1. The van der Waals surface area contributed by atoms with Gasteiger partial charge in [-0.3, -0.25) is 4.79 Å². The molecule has 0 radical (unpaired) electrons. The van der Waals surface area contributed by atoms with Crippen molar-refractivity contribution in [1.82, 2.24) is 5.32 Å². The molecule has 34 heavy (non-hydrogen) atoms. The molecule has 0 unspecified atom stereocenters. The van der Waals surface area contributed by atoms with Crippen LogP contribution in [0.1, 0.15) is 15.9 Å². The fourth-order valence-electron chi connectivity index (χ4n) is 3.23. The summed E-state index contributed by atoms with van der Waals surface area (Å²) in [6, 6.07) is 22.3. The molecule has 0 fully saturated rings. The predicted octanol–water partition coefficient (Wildman–Crippen LogP) is 4.40. The van der Waals surface area contributed by atoms with Gasteiger partial charge in [0.2, 0.25) is 0 Å². The third-order valence-corrected chi connectivity index (χ3v) is 5.11. The van der Waals surface area contributed by atoms with Crippen molar-refractivity contribution in [2.45, 2.75) is 6.42 Å². The van der Waals surface area contributed by atoms with E-state index in [0.29, 0.717) is 29.1 Å². The van der Waals surface area contributed by atoms with E-state index in [1.54, 1.807) is 30.3 Å². The van der Waals surface area contributed by atoms with E-state index in [0.717, 1.165) is 5.56 Å². The lowest BCUT2D eigenvalue weighted by atomic mass is 10.1. The Morgan fingerprint density at radius 2 is 1.74 bits per heavy atom. The lowest BCUT2D eigenvalue weighted by molar-refractivity contribution is -0.136. The van der Waals surface area contributed by atoms with Crippen LogP contribution < -0.4 is 20.4 Å². The van der Waals surface area contributed by atoms with Gasteiger partial charge in [-0.1, -0.05) is 48.0 Å². The van der Waals surface area contributed by atoms with E-state index in [9.17, 15) is 14.4 Å². The minimum Gasteiger partial charge on any atom is -0.482 e. The molecule has 8 heteroatoms. The van der Waals surface area contributed by atoms with Gasteiger partial charge in [0, 0.05) is 23.0 Å². The highest BCUT2D eigenvalue weighted by molar-refractivity contribution is 6.30. The summed E-state index contributed by atoms with van der Waals surface area (Å²) in [5, 5.41) is 3.73. The Balaban J connectivity index is 1.38. The molecular weight excluding hydrogens is 458 g/mol. The number of hydrogen-bond donors (Lipinski definition) is 1. The maximum Gasteiger partial charge on any atom is 0.349 e. The quantitative estimate of drug-likeness (QED) is 0.229. The highest BCUT2D eigenvalue weighted by Gasteiger charge is 2.15. The number of carbonyl (C=O) groups excluding carboxylic acids is 2. The van der Waals surface area contributed by atoms with Crippen molar-refractivity contribution in [2.75, 3.05) is 13.2 Å². The second-order valence-electron chi connectivity index (χ2n) is 7.36. The van der Waals surface area contributed by atoms with E-state index >= 15 is 0 Å². The number of esters is 1. The van der Waals surface area contributed by atoms with Crippen molar-refractivity contribution >= 4 is 34.4 Å². The van der Waals surface area contributed by atoms with E-state index in [2.05, 4.69) is 5.32 Å². The van der Waals surface area contributed by atoms with Gasteiger partial charge < -0.3 is 19.2 Å². The van der Waals surface area contributed by atoms with E-state index in [4.69, 9.17) is 25.5 Å². The van der Waals surface area contributed by atoms with Gasteiger partial charge in [-0.15, -0.1) is 0 Å². The van der Waals surface area contributed by atoms with Gasteiger partial charge in [-0.25, -0.2) is 9.59 Å². The second-order valence-corrected chi connectivity index (χ2v) is 7.80. The van der Waals surface area contributed by atoms with Crippen molar-refractivity contribution in [1.29, 1.82) is 0 Å². The smallest absolute Gasteiger partial charge is 0.349 e. The summed E-state index contributed by atoms with van der Waals surface area (Å²) < 4.78 is 15.9. The van der Waals surface area contributed by atoms with Crippen LogP contribution in [0.3, 0.4) is 0 Å². The van der Waals surface area contributed by atoms with Crippen LogP contribution in [0.5, 0.6) is 11.5 Å². The lowest BCUT2D eigenvalue weighted by Gasteiger charge is -2.08. The third-order valence-electron chi connectivity index (χ3n) is 4.88. The highest BCUT2D eigenvalue weighted by atomic mass is 35.5. The minimum atomic E-state index is -0.780. The Morgan fingerprint density at radius 1 is 0.912 bits per heavy atom. The second kappa shape index (κ2) is 10.7. The van der Waals surface area contributed by atoms with E-state index in [1.165, 1.54) is 18.2 Å². The Kier molecular flexibility index (Phi) is 7.25. The molecular formula is C26H20ClNO6. The van der Waals surface area contributed by atoms with Gasteiger partial charge in [-0.2, -0.15) is 0 Å². The fourth-order valence-corrected chi connectivity index (χ4v) is 3.41. The van der Waals surface area contributed by atoms with Crippen LogP contribution in [0, 0.1) is 0 Å². The maximum atomic E-state index is 12.5. The number of halogens is 1. The number of amides is 1. The molecule has 4 rings (SSSR count). The summed E-state index contributed by atoms with van der Waals surface area (Å²) in [5.74, 6) is -0.546. The first kappa shape index (κ1) is 23.1. The molecule has 0 spiro atoms. The molecule has 0 aliphatic carbocycles. The molecule has 1 N–H and O–H groups in total. The van der Waals surface area contributed by atoms with Crippen molar-refractivity contribution in [3.8, 4) is 11.5 Å². The van der Waals surface area contributed by atoms with Crippen molar-refractivity contribution in [3.63, 3.8) is 0 Å². The van der Waals surface area contributed by atoms with E-state index in [1.807, 2.05) is 30.3 Å². The van der Waals surface area contributed by atoms with Gasteiger partial charge in [0.25, 0.3) is 5.91 Å². The molecule has 0 bridgehead atoms. The first-order chi connectivity index (χ1) is 16.5. The molecule has 172 valence electrons. The topological polar surface area (TPSA) is 94.8 Å². The predicted molar refractivity (Wildman–Crippen MR) is 128 cm³/mol. The molecule has 0 aliphatic heterocycles. The molecule has 0 atom stereocenters. The summed E-state index contributed by atoms with van der Waals surface area (Å²) in [6.07, 6.45) is 0.640. The number of nitrogens with one attached hydrogen (secondary N) is 1. The fraction of sp³-hybridized carbons (Fsp3) is 0.115. The first-order valence-corrected chi connectivity index (χ1v) is 10.8. The zero-order chi connectivity index (χ0) is 23.9. The average Bonchev–Trinajstić information content (AvgIpc) is 2.83. The van der Waals surface area contributed by atoms with Gasteiger partial charge >= 0.3 is 11.6 Å². The summed E-state index contributed by atoms with van der Waals surface area (Å²) in [6.45, 7) is 0.0525.